The number of carbonyl (C=O) groups is 2. The van der Waals surface area contributed by atoms with Crippen LogP contribution in [0.4, 0.5) is 4.79 Å². The van der Waals surface area contributed by atoms with Gasteiger partial charge in [-0.3, -0.25) is 0 Å². The van der Waals surface area contributed by atoms with E-state index in [9.17, 15) is 14.7 Å². The second-order valence-electron chi connectivity index (χ2n) is 4.88. The molecule has 7 nitrogen and oxygen atoms in total. The van der Waals surface area contributed by atoms with E-state index < -0.39 is 24.1 Å². The molecule has 20 heavy (non-hydrogen) atoms. The van der Waals surface area contributed by atoms with Gasteiger partial charge in [0.15, 0.2) is 0 Å². The van der Waals surface area contributed by atoms with Crippen molar-refractivity contribution in [2.75, 3.05) is 6.54 Å². The van der Waals surface area contributed by atoms with Crippen molar-refractivity contribution in [1.29, 1.82) is 0 Å². The molecule has 1 aliphatic heterocycles. The Bertz CT molecular complexity index is 519. The van der Waals surface area contributed by atoms with Gasteiger partial charge < -0.3 is 20.4 Å². The number of aliphatic carboxylic acids is 1. The van der Waals surface area contributed by atoms with E-state index in [-0.39, 0.29) is 19.0 Å². The average molecular weight is 299 g/mol. The number of carboxylic acid groups (broad SMARTS) is 1. The molecule has 3 N–H and O–H groups in total. The zero-order valence-electron chi connectivity index (χ0n) is 11.2. The lowest BCUT2D eigenvalue weighted by molar-refractivity contribution is -0.141. The molecule has 0 radical (unpaired) electrons. The zero-order valence-corrected chi connectivity index (χ0v) is 12.1. The summed E-state index contributed by atoms with van der Waals surface area (Å²) in [6.45, 7) is 3.75. The summed E-state index contributed by atoms with van der Waals surface area (Å²) in [6.07, 6.45) is 0.995. The molecule has 0 saturated carbocycles. The van der Waals surface area contributed by atoms with Crippen LogP contribution in [-0.4, -0.2) is 50.8 Å². The molecule has 2 rings (SSSR count). The molecule has 0 spiro atoms. The summed E-state index contributed by atoms with van der Waals surface area (Å²) < 4.78 is 0. The molecular weight excluding hydrogens is 282 g/mol. The van der Waals surface area contributed by atoms with Crippen molar-refractivity contribution in [1.82, 2.24) is 15.2 Å². The number of aryl methyl sites for hydroxylation is 1. The molecule has 1 saturated heterocycles. The largest absolute Gasteiger partial charge is 0.480 e. The van der Waals surface area contributed by atoms with Crippen molar-refractivity contribution in [3.05, 3.63) is 16.1 Å². The second-order valence-corrected chi connectivity index (χ2v) is 6.14. The van der Waals surface area contributed by atoms with Gasteiger partial charge in [0.05, 0.1) is 12.1 Å². The number of hydrogen-bond donors (Lipinski definition) is 3. The van der Waals surface area contributed by atoms with Gasteiger partial charge in [0, 0.05) is 24.0 Å². The fourth-order valence-electron chi connectivity index (χ4n) is 2.17. The number of β-amino-alcohol motifs (C(OH)–C–C–N with tert-alkyl or cyclic N) is 1. The highest BCUT2D eigenvalue weighted by atomic mass is 32.1. The number of urea groups is 1. The molecular formula is C12H17N3O4S. The van der Waals surface area contributed by atoms with E-state index in [0.717, 1.165) is 14.8 Å². The number of rotatable bonds is 3. The van der Waals surface area contributed by atoms with Gasteiger partial charge in [-0.1, -0.05) is 0 Å². The summed E-state index contributed by atoms with van der Waals surface area (Å²) >= 11 is 1.48. The maximum Gasteiger partial charge on any atom is 0.326 e. The Labute approximate surface area is 120 Å². The van der Waals surface area contributed by atoms with Gasteiger partial charge in [0.2, 0.25) is 0 Å². The van der Waals surface area contributed by atoms with Crippen LogP contribution in [0.2, 0.25) is 0 Å². The Hall–Kier alpha value is -1.67. The van der Waals surface area contributed by atoms with Gasteiger partial charge >= 0.3 is 12.0 Å². The van der Waals surface area contributed by atoms with Crippen LogP contribution in [-0.2, 0) is 4.79 Å². The van der Waals surface area contributed by atoms with Gasteiger partial charge in [0.25, 0.3) is 0 Å². The number of aromatic nitrogens is 1. The predicted molar refractivity (Wildman–Crippen MR) is 72.6 cm³/mol. The summed E-state index contributed by atoms with van der Waals surface area (Å²) in [7, 11) is 0. The highest BCUT2D eigenvalue weighted by molar-refractivity contribution is 7.11. The first kappa shape index (κ1) is 14.7. The minimum atomic E-state index is -1.10. The number of hydrogen-bond acceptors (Lipinski definition) is 5. The monoisotopic (exact) mass is 299 g/mol. The topological polar surface area (TPSA) is 103 Å². The first-order valence-electron chi connectivity index (χ1n) is 6.28. The van der Waals surface area contributed by atoms with Gasteiger partial charge in [-0.25, -0.2) is 14.6 Å². The standard InChI is InChI=1S/C12H17N3O4S/c1-6-4-13-10(20-6)7(2)14-12(19)15-5-8(16)3-9(15)11(17)18/h4,7-9,16H,3,5H2,1-2H3,(H,14,19)(H,17,18)/t7?,8?,9-/m0/s1. The minimum Gasteiger partial charge on any atom is -0.480 e. The molecule has 3 atom stereocenters. The average Bonchev–Trinajstić information content (AvgIpc) is 2.95. The summed E-state index contributed by atoms with van der Waals surface area (Å²) in [6, 6.07) is -1.77. The SMILES string of the molecule is Cc1cnc(C(C)NC(=O)N2CC(O)C[C@H]2C(=O)O)s1. The van der Waals surface area contributed by atoms with Crippen molar-refractivity contribution in [2.45, 2.75) is 38.5 Å². The van der Waals surface area contributed by atoms with Crippen LogP contribution in [0.1, 0.15) is 29.3 Å². The normalized spacial score (nSPS) is 23.6. The van der Waals surface area contributed by atoms with Crippen molar-refractivity contribution in [3.8, 4) is 0 Å². The predicted octanol–water partition coefficient (Wildman–Crippen LogP) is 0.742. The van der Waals surface area contributed by atoms with Crippen LogP contribution in [0.15, 0.2) is 6.20 Å². The van der Waals surface area contributed by atoms with E-state index in [1.165, 1.54) is 11.3 Å². The van der Waals surface area contributed by atoms with Crippen LogP contribution in [0.25, 0.3) is 0 Å². The Balaban J connectivity index is 2.02. The number of thiazole rings is 1. The van der Waals surface area contributed by atoms with Crippen molar-refractivity contribution in [3.63, 3.8) is 0 Å². The second kappa shape index (κ2) is 5.76. The first-order valence-corrected chi connectivity index (χ1v) is 7.10. The number of likely N-dealkylation sites (tertiary alicyclic amines) is 1. The van der Waals surface area contributed by atoms with Crippen LogP contribution in [0, 0.1) is 6.92 Å². The highest BCUT2D eigenvalue weighted by Crippen LogP contribution is 2.22. The van der Waals surface area contributed by atoms with Gasteiger partial charge in [-0.15, -0.1) is 11.3 Å². The smallest absolute Gasteiger partial charge is 0.326 e. The Morgan fingerprint density at radius 1 is 1.60 bits per heavy atom. The third kappa shape index (κ3) is 3.07. The van der Waals surface area contributed by atoms with Crippen molar-refractivity contribution >= 4 is 23.3 Å². The van der Waals surface area contributed by atoms with Crippen LogP contribution < -0.4 is 5.32 Å². The van der Waals surface area contributed by atoms with E-state index in [1.54, 1.807) is 13.1 Å². The maximum atomic E-state index is 12.1. The van der Waals surface area contributed by atoms with Gasteiger partial charge in [-0.2, -0.15) is 0 Å². The quantitative estimate of drug-likeness (QED) is 0.764. The molecule has 0 aromatic carbocycles. The molecule has 1 aliphatic rings. The first-order chi connectivity index (χ1) is 9.38. The summed E-state index contributed by atoms with van der Waals surface area (Å²) in [5.74, 6) is -1.10. The number of carboxylic acids is 1. The van der Waals surface area contributed by atoms with Crippen LogP contribution >= 0.6 is 11.3 Å². The fraction of sp³-hybridized carbons (Fsp3) is 0.583. The minimum absolute atomic E-state index is 0.0341. The molecule has 0 bridgehead atoms. The molecule has 1 aromatic rings. The zero-order chi connectivity index (χ0) is 14.9. The van der Waals surface area contributed by atoms with Gasteiger partial charge in [0.1, 0.15) is 11.0 Å². The van der Waals surface area contributed by atoms with Crippen molar-refractivity contribution < 1.29 is 19.8 Å². The Morgan fingerprint density at radius 3 is 2.85 bits per heavy atom. The Morgan fingerprint density at radius 2 is 2.30 bits per heavy atom. The number of nitrogens with one attached hydrogen (secondary N) is 1. The van der Waals surface area contributed by atoms with E-state index in [0.29, 0.717) is 0 Å². The molecule has 110 valence electrons. The van der Waals surface area contributed by atoms with Gasteiger partial charge in [-0.05, 0) is 13.8 Å². The van der Waals surface area contributed by atoms with E-state index in [1.807, 2.05) is 6.92 Å². The number of nitrogens with zero attached hydrogens (tertiary/aromatic N) is 2. The summed E-state index contributed by atoms with van der Waals surface area (Å²) in [5.41, 5.74) is 0. The molecule has 1 aromatic heterocycles. The highest BCUT2D eigenvalue weighted by Gasteiger charge is 2.39. The molecule has 0 aliphatic carbocycles. The maximum absolute atomic E-state index is 12.1. The molecule has 1 fully saturated rings. The summed E-state index contributed by atoms with van der Waals surface area (Å²) in [4.78, 5) is 29.6. The third-order valence-electron chi connectivity index (χ3n) is 3.17. The van der Waals surface area contributed by atoms with E-state index >= 15 is 0 Å². The molecule has 2 unspecified atom stereocenters. The van der Waals surface area contributed by atoms with Crippen LogP contribution in [0.5, 0.6) is 0 Å². The van der Waals surface area contributed by atoms with E-state index in [4.69, 9.17) is 5.11 Å². The molecule has 8 heteroatoms. The number of aliphatic hydroxyl groups is 1. The molecule has 2 heterocycles. The number of carbonyl (C=O) groups excluding carboxylic acids is 1. The lowest BCUT2D eigenvalue weighted by atomic mass is 10.2. The third-order valence-corrected chi connectivity index (χ3v) is 4.27. The summed E-state index contributed by atoms with van der Waals surface area (Å²) in [5, 5.41) is 22.1. The van der Waals surface area contributed by atoms with Crippen molar-refractivity contribution in [2.24, 2.45) is 0 Å². The van der Waals surface area contributed by atoms with E-state index in [2.05, 4.69) is 10.3 Å². The lowest BCUT2D eigenvalue weighted by Gasteiger charge is -2.23. The molecule has 2 amide bonds. The number of amides is 2. The van der Waals surface area contributed by atoms with Crippen LogP contribution in [0.3, 0.4) is 0 Å². The number of aliphatic hydroxyl groups excluding tert-OH is 1. The lowest BCUT2D eigenvalue weighted by Crippen LogP contribution is -2.46. The fourth-order valence-corrected chi connectivity index (χ4v) is 2.95. The Kier molecular flexibility index (Phi) is 4.24.